The molecule has 2 aliphatic heterocycles. The van der Waals surface area contributed by atoms with Gasteiger partial charge in [-0.3, -0.25) is 4.79 Å². The molecule has 0 bridgehead atoms. The molecule has 2 aromatic rings. The molecule has 0 aromatic heterocycles. The highest BCUT2D eigenvalue weighted by Gasteiger charge is 2.46. The molecule has 32 heavy (non-hydrogen) atoms. The standard InChI is InChI=1S/C21H22O11/c22-7-16-18(27)19(28)20(21(29)32-16)31-15-5-9(23)4-14-17(15)12(26)6-13(30-14)8-1-2-10(24)11(25)3-8/h1-5,13,16,18-25,27-29H,6-7H2. The van der Waals surface area contributed by atoms with E-state index in [1.807, 2.05) is 0 Å². The first-order valence-electron chi connectivity index (χ1n) is 9.75. The number of rotatable bonds is 4. The Morgan fingerprint density at radius 2 is 1.75 bits per heavy atom. The van der Waals surface area contributed by atoms with Gasteiger partial charge < -0.3 is 50.0 Å². The number of aliphatic hydroxyl groups is 4. The molecule has 6 unspecified atom stereocenters. The number of phenols is 3. The van der Waals surface area contributed by atoms with Crippen LogP contribution in [0, 0.1) is 0 Å². The smallest absolute Gasteiger partial charge is 0.195 e. The zero-order valence-electron chi connectivity index (χ0n) is 16.5. The number of aromatic hydroxyl groups is 3. The third kappa shape index (κ3) is 3.92. The molecule has 0 aliphatic carbocycles. The van der Waals surface area contributed by atoms with Crippen LogP contribution < -0.4 is 9.47 Å². The fourth-order valence-corrected chi connectivity index (χ4v) is 3.77. The normalized spacial score (nSPS) is 29.8. The monoisotopic (exact) mass is 450 g/mol. The summed E-state index contributed by atoms with van der Waals surface area (Å²) in [6.45, 7) is -0.649. The van der Waals surface area contributed by atoms with Crippen molar-refractivity contribution in [2.45, 2.75) is 43.2 Å². The number of carbonyl (C=O) groups excluding carboxylic acids is 1. The number of fused-ring (bicyclic) bond motifs is 1. The van der Waals surface area contributed by atoms with Crippen LogP contribution in [0.1, 0.15) is 28.4 Å². The third-order valence-electron chi connectivity index (χ3n) is 5.45. The molecule has 2 aliphatic rings. The van der Waals surface area contributed by atoms with E-state index in [4.69, 9.17) is 14.2 Å². The topological polar surface area (TPSA) is 186 Å². The molecular formula is C21H22O11. The molecule has 7 N–H and O–H groups in total. The summed E-state index contributed by atoms with van der Waals surface area (Å²) in [7, 11) is 0. The molecule has 1 fully saturated rings. The highest BCUT2D eigenvalue weighted by atomic mass is 16.7. The Bertz CT molecular complexity index is 1020. The molecule has 6 atom stereocenters. The van der Waals surface area contributed by atoms with Gasteiger partial charge in [-0.25, -0.2) is 0 Å². The van der Waals surface area contributed by atoms with E-state index in [1.165, 1.54) is 24.3 Å². The maximum absolute atomic E-state index is 12.9. The van der Waals surface area contributed by atoms with E-state index >= 15 is 0 Å². The van der Waals surface area contributed by atoms with Gasteiger partial charge in [0.05, 0.1) is 13.0 Å². The minimum Gasteiger partial charge on any atom is -0.508 e. The lowest BCUT2D eigenvalue weighted by molar-refractivity contribution is -0.280. The number of phenolic OH excluding ortho intramolecular Hbond substituents is 3. The lowest BCUT2D eigenvalue weighted by Gasteiger charge is -2.40. The van der Waals surface area contributed by atoms with Crippen molar-refractivity contribution in [1.29, 1.82) is 0 Å². The Morgan fingerprint density at radius 3 is 2.44 bits per heavy atom. The van der Waals surface area contributed by atoms with Crippen LogP contribution in [0.15, 0.2) is 30.3 Å². The van der Waals surface area contributed by atoms with E-state index in [0.29, 0.717) is 5.56 Å². The van der Waals surface area contributed by atoms with Crippen molar-refractivity contribution in [1.82, 2.24) is 0 Å². The zero-order chi connectivity index (χ0) is 23.2. The van der Waals surface area contributed by atoms with Gasteiger partial charge in [-0.15, -0.1) is 0 Å². The molecule has 1 saturated heterocycles. The van der Waals surface area contributed by atoms with E-state index in [0.717, 1.165) is 6.07 Å². The van der Waals surface area contributed by atoms with E-state index < -0.39 is 49.2 Å². The van der Waals surface area contributed by atoms with Crippen LogP contribution in [0.3, 0.4) is 0 Å². The summed E-state index contributed by atoms with van der Waals surface area (Å²) in [5.41, 5.74) is 0.357. The lowest BCUT2D eigenvalue weighted by Crippen LogP contribution is -2.60. The second kappa shape index (κ2) is 8.45. The molecule has 172 valence electrons. The summed E-state index contributed by atoms with van der Waals surface area (Å²) in [5.74, 6) is -1.75. The van der Waals surface area contributed by atoms with Crippen molar-refractivity contribution in [3.8, 4) is 28.7 Å². The minimum atomic E-state index is -1.74. The minimum absolute atomic E-state index is 0.0386. The molecule has 11 nitrogen and oxygen atoms in total. The Morgan fingerprint density at radius 1 is 1.00 bits per heavy atom. The number of ketones is 1. The Kier molecular flexibility index (Phi) is 5.84. The summed E-state index contributed by atoms with van der Waals surface area (Å²) in [6.07, 6.45) is -8.72. The van der Waals surface area contributed by atoms with Crippen LogP contribution in [0.25, 0.3) is 0 Å². The quantitative estimate of drug-likeness (QED) is 0.303. The molecule has 0 radical (unpaired) electrons. The first kappa shape index (κ1) is 22.1. The SMILES string of the molecule is O=C1CC(c2ccc(O)c(O)c2)Oc2cc(O)cc(OC3C(O)OC(CO)C(O)C3O)c21. The van der Waals surface area contributed by atoms with E-state index in [9.17, 15) is 40.5 Å². The predicted octanol–water partition coefficient (Wildman–Crippen LogP) is -0.311. The van der Waals surface area contributed by atoms with Crippen LogP contribution in [0.5, 0.6) is 28.7 Å². The van der Waals surface area contributed by atoms with Gasteiger partial charge in [0, 0.05) is 12.1 Å². The second-order valence-electron chi connectivity index (χ2n) is 7.61. The fourth-order valence-electron chi connectivity index (χ4n) is 3.77. The van der Waals surface area contributed by atoms with Crippen molar-refractivity contribution in [3.05, 3.63) is 41.5 Å². The first-order valence-corrected chi connectivity index (χ1v) is 9.75. The van der Waals surface area contributed by atoms with Crippen molar-refractivity contribution < 1.29 is 54.8 Å². The van der Waals surface area contributed by atoms with E-state index in [2.05, 4.69) is 0 Å². The van der Waals surface area contributed by atoms with Crippen molar-refractivity contribution in [2.75, 3.05) is 6.61 Å². The summed E-state index contributed by atoms with van der Waals surface area (Å²) in [4.78, 5) is 12.9. The van der Waals surface area contributed by atoms with Crippen LogP contribution in [0.4, 0.5) is 0 Å². The molecular weight excluding hydrogens is 428 g/mol. The van der Waals surface area contributed by atoms with Gasteiger partial charge in [0.25, 0.3) is 0 Å². The maximum atomic E-state index is 12.9. The molecule has 4 rings (SSSR count). The Balaban J connectivity index is 1.64. The van der Waals surface area contributed by atoms with Gasteiger partial charge >= 0.3 is 0 Å². The van der Waals surface area contributed by atoms with E-state index in [-0.39, 0.29) is 40.7 Å². The van der Waals surface area contributed by atoms with Crippen molar-refractivity contribution >= 4 is 5.78 Å². The van der Waals surface area contributed by atoms with Crippen LogP contribution in [-0.2, 0) is 4.74 Å². The van der Waals surface area contributed by atoms with Gasteiger partial charge in [-0.2, -0.15) is 0 Å². The summed E-state index contributed by atoms with van der Waals surface area (Å²) >= 11 is 0. The molecule has 0 amide bonds. The van der Waals surface area contributed by atoms with Gasteiger partial charge in [-0.1, -0.05) is 6.07 Å². The van der Waals surface area contributed by atoms with Crippen molar-refractivity contribution in [3.63, 3.8) is 0 Å². The van der Waals surface area contributed by atoms with Crippen LogP contribution in [0.2, 0.25) is 0 Å². The highest BCUT2D eigenvalue weighted by molar-refractivity contribution is 6.02. The van der Waals surface area contributed by atoms with Gasteiger partial charge in [0.2, 0.25) is 0 Å². The molecule has 0 saturated carbocycles. The maximum Gasteiger partial charge on any atom is 0.195 e. The zero-order valence-corrected chi connectivity index (χ0v) is 16.5. The predicted molar refractivity (Wildman–Crippen MR) is 105 cm³/mol. The van der Waals surface area contributed by atoms with Crippen LogP contribution in [-0.4, -0.2) is 78.8 Å². The Labute approximate surface area is 181 Å². The second-order valence-corrected chi connectivity index (χ2v) is 7.61. The average molecular weight is 450 g/mol. The first-order chi connectivity index (χ1) is 15.2. The largest absolute Gasteiger partial charge is 0.508 e. The number of benzene rings is 2. The van der Waals surface area contributed by atoms with Gasteiger partial charge in [0.1, 0.15) is 47.2 Å². The van der Waals surface area contributed by atoms with Gasteiger partial charge in [-0.05, 0) is 17.7 Å². The number of ether oxygens (including phenoxy) is 3. The third-order valence-corrected chi connectivity index (χ3v) is 5.45. The number of carbonyl (C=O) groups is 1. The fraction of sp³-hybridized carbons (Fsp3) is 0.381. The number of aliphatic hydroxyl groups excluding tert-OH is 4. The number of hydrogen-bond donors (Lipinski definition) is 7. The van der Waals surface area contributed by atoms with E-state index in [1.54, 1.807) is 0 Å². The van der Waals surface area contributed by atoms with Crippen LogP contribution >= 0.6 is 0 Å². The highest BCUT2D eigenvalue weighted by Crippen LogP contribution is 2.44. The van der Waals surface area contributed by atoms with Gasteiger partial charge in [0.15, 0.2) is 29.7 Å². The summed E-state index contributed by atoms with van der Waals surface area (Å²) in [6, 6.07) is 6.26. The lowest BCUT2D eigenvalue weighted by atomic mass is 9.94. The number of Topliss-reactive ketones (excluding diaryl/α,β-unsaturated/α-hetero) is 1. The Hall–Kier alpha value is -3.09. The summed E-state index contributed by atoms with van der Waals surface area (Å²) < 4.78 is 16.4. The summed E-state index contributed by atoms with van der Waals surface area (Å²) in [5, 5.41) is 69.0. The molecule has 2 heterocycles. The molecule has 0 spiro atoms. The molecule has 11 heteroatoms. The molecule has 2 aromatic carbocycles. The number of hydrogen-bond acceptors (Lipinski definition) is 11. The van der Waals surface area contributed by atoms with Crippen molar-refractivity contribution in [2.24, 2.45) is 0 Å². The average Bonchev–Trinajstić information content (AvgIpc) is 2.74.